The fourth-order valence-corrected chi connectivity index (χ4v) is 2.96. The predicted molar refractivity (Wildman–Crippen MR) is 64.5 cm³/mol. The van der Waals surface area contributed by atoms with Gasteiger partial charge in [-0.1, -0.05) is 0 Å². The number of carboxylic acid groups (broad SMARTS) is 1. The number of alkyl halides is 3. The van der Waals surface area contributed by atoms with E-state index in [-0.39, 0.29) is 15.6 Å². The number of hydrogen-bond acceptors (Lipinski definition) is 3. The van der Waals surface area contributed by atoms with Gasteiger partial charge in [-0.2, -0.15) is 13.2 Å². The van der Waals surface area contributed by atoms with E-state index in [1.807, 2.05) is 0 Å². The molecule has 102 valence electrons. The highest BCUT2D eigenvalue weighted by molar-refractivity contribution is 7.17. The van der Waals surface area contributed by atoms with Crippen molar-refractivity contribution in [3.8, 4) is 5.75 Å². The second-order valence-corrected chi connectivity index (χ2v) is 5.03. The van der Waals surface area contributed by atoms with Crippen LogP contribution in [0.15, 0.2) is 17.5 Å². The summed E-state index contributed by atoms with van der Waals surface area (Å²) >= 11 is 0.981. The van der Waals surface area contributed by atoms with E-state index in [1.165, 1.54) is 18.4 Å². The topological polar surface area (TPSA) is 57.5 Å². The summed E-state index contributed by atoms with van der Waals surface area (Å²) in [6, 6.07) is 1.82. The third-order valence-corrected chi connectivity index (χ3v) is 3.78. The molecule has 0 fully saturated rings. The number of hydrogen-bond donors (Lipinski definition) is 2. The van der Waals surface area contributed by atoms with Crippen LogP contribution >= 0.6 is 11.3 Å². The maximum Gasteiger partial charge on any atom is 0.417 e. The summed E-state index contributed by atoms with van der Waals surface area (Å²) in [5, 5.41) is 19.5. The lowest BCUT2D eigenvalue weighted by atomic mass is 9.97. The Morgan fingerprint density at radius 1 is 1.37 bits per heavy atom. The van der Waals surface area contributed by atoms with Gasteiger partial charge in [0.25, 0.3) is 0 Å². The molecule has 0 amide bonds. The van der Waals surface area contributed by atoms with Crippen molar-refractivity contribution in [3.05, 3.63) is 28.6 Å². The first kappa shape index (κ1) is 13.7. The van der Waals surface area contributed by atoms with Crippen LogP contribution in [-0.4, -0.2) is 16.2 Å². The number of fused-ring (bicyclic) bond motifs is 1. The van der Waals surface area contributed by atoms with E-state index < -0.39 is 29.4 Å². The molecule has 0 spiro atoms. The molecule has 3 nitrogen and oxygen atoms in total. The number of aliphatic carboxylic acids is 1. The molecule has 0 saturated carbocycles. The zero-order chi connectivity index (χ0) is 14.4. The number of aromatic hydroxyl groups is 1. The number of phenols is 1. The molecule has 0 aliphatic carbocycles. The summed E-state index contributed by atoms with van der Waals surface area (Å²) in [7, 11) is 0. The van der Waals surface area contributed by atoms with Gasteiger partial charge in [-0.25, -0.2) is 0 Å². The van der Waals surface area contributed by atoms with Crippen LogP contribution in [0.2, 0.25) is 0 Å². The molecule has 0 radical (unpaired) electrons. The van der Waals surface area contributed by atoms with Gasteiger partial charge in [0.1, 0.15) is 5.75 Å². The van der Waals surface area contributed by atoms with Crippen molar-refractivity contribution in [3.63, 3.8) is 0 Å². The molecular formula is C12H9F3O3S. The molecule has 1 aromatic heterocycles. The lowest BCUT2D eigenvalue weighted by Gasteiger charge is -2.12. The van der Waals surface area contributed by atoms with Crippen LogP contribution in [0.3, 0.4) is 0 Å². The number of carbonyl (C=O) groups is 1. The zero-order valence-corrected chi connectivity index (χ0v) is 10.5. The SMILES string of the molecule is CC(C(=O)O)c1csc2cc(O)cc(C(F)(F)F)c12. The highest BCUT2D eigenvalue weighted by atomic mass is 32.1. The van der Waals surface area contributed by atoms with Gasteiger partial charge in [-0.15, -0.1) is 11.3 Å². The Labute approximate surface area is 109 Å². The minimum absolute atomic E-state index is 0.111. The Morgan fingerprint density at radius 2 is 2.00 bits per heavy atom. The van der Waals surface area contributed by atoms with Crippen molar-refractivity contribution in [2.24, 2.45) is 0 Å². The average molecular weight is 290 g/mol. The van der Waals surface area contributed by atoms with Gasteiger partial charge in [0, 0.05) is 10.1 Å². The van der Waals surface area contributed by atoms with Crippen LogP contribution in [0.5, 0.6) is 5.75 Å². The van der Waals surface area contributed by atoms with Gasteiger partial charge in [-0.3, -0.25) is 4.79 Å². The maximum absolute atomic E-state index is 13.0. The molecule has 1 unspecified atom stereocenters. The molecule has 0 bridgehead atoms. The van der Waals surface area contributed by atoms with E-state index >= 15 is 0 Å². The second kappa shape index (κ2) is 4.41. The van der Waals surface area contributed by atoms with E-state index in [0.29, 0.717) is 6.07 Å². The molecule has 19 heavy (non-hydrogen) atoms. The average Bonchev–Trinajstić information content (AvgIpc) is 2.68. The van der Waals surface area contributed by atoms with Crippen molar-refractivity contribution < 1.29 is 28.2 Å². The molecule has 0 aliphatic rings. The van der Waals surface area contributed by atoms with E-state index in [4.69, 9.17) is 5.11 Å². The molecule has 2 aromatic rings. The van der Waals surface area contributed by atoms with Gasteiger partial charge in [0.2, 0.25) is 0 Å². The zero-order valence-electron chi connectivity index (χ0n) is 9.65. The highest BCUT2D eigenvalue weighted by Gasteiger charge is 2.35. The molecule has 0 saturated heterocycles. The van der Waals surface area contributed by atoms with Crippen molar-refractivity contribution in [2.75, 3.05) is 0 Å². The smallest absolute Gasteiger partial charge is 0.417 e. The highest BCUT2D eigenvalue weighted by Crippen LogP contribution is 2.43. The van der Waals surface area contributed by atoms with Gasteiger partial charge in [0.05, 0.1) is 11.5 Å². The molecule has 1 aromatic carbocycles. The molecule has 1 heterocycles. The Bertz CT molecular complexity index is 645. The first-order valence-corrected chi connectivity index (χ1v) is 6.14. The summed E-state index contributed by atoms with van der Waals surface area (Å²) in [6.45, 7) is 1.33. The van der Waals surface area contributed by atoms with Crippen molar-refractivity contribution >= 4 is 27.4 Å². The molecule has 2 N–H and O–H groups in total. The lowest BCUT2D eigenvalue weighted by Crippen LogP contribution is -2.10. The Balaban J connectivity index is 2.80. The third kappa shape index (κ3) is 2.37. The predicted octanol–water partition coefficient (Wildman–Crippen LogP) is 3.81. The third-order valence-electron chi connectivity index (χ3n) is 2.83. The largest absolute Gasteiger partial charge is 0.508 e. The number of rotatable bonds is 2. The molecule has 7 heteroatoms. The van der Waals surface area contributed by atoms with Crippen molar-refractivity contribution in [1.82, 2.24) is 0 Å². The Kier molecular flexibility index (Phi) is 3.17. The summed E-state index contributed by atoms with van der Waals surface area (Å²) in [6.07, 6.45) is -4.65. The summed E-state index contributed by atoms with van der Waals surface area (Å²) in [5.41, 5.74) is -0.897. The van der Waals surface area contributed by atoms with Crippen LogP contribution in [0, 0.1) is 0 Å². The number of halogens is 3. The van der Waals surface area contributed by atoms with Crippen LogP contribution < -0.4 is 0 Å². The Morgan fingerprint density at radius 3 is 2.53 bits per heavy atom. The van der Waals surface area contributed by atoms with Crippen LogP contribution in [0.1, 0.15) is 24.0 Å². The molecule has 0 aliphatic heterocycles. The van der Waals surface area contributed by atoms with Crippen molar-refractivity contribution in [2.45, 2.75) is 19.0 Å². The number of thiophene rings is 1. The van der Waals surface area contributed by atoms with E-state index in [0.717, 1.165) is 11.3 Å². The van der Waals surface area contributed by atoms with Gasteiger partial charge in [-0.05, 0) is 30.0 Å². The standard InChI is InChI=1S/C12H9F3O3S/c1-5(11(17)18)7-4-19-9-3-6(16)2-8(10(7)9)12(13,14)15/h2-5,16H,1H3,(H,17,18). The monoisotopic (exact) mass is 290 g/mol. The molecular weight excluding hydrogens is 281 g/mol. The van der Waals surface area contributed by atoms with E-state index in [1.54, 1.807) is 0 Å². The van der Waals surface area contributed by atoms with Crippen LogP contribution in [0.25, 0.3) is 10.1 Å². The lowest BCUT2D eigenvalue weighted by molar-refractivity contribution is -0.139. The van der Waals surface area contributed by atoms with Gasteiger partial charge in [0.15, 0.2) is 0 Å². The van der Waals surface area contributed by atoms with Gasteiger partial charge < -0.3 is 10.2 Å². The number of phenolic OH excluding ortho intramolecular Hbond substituents is 1. The van der Waals surface area contributed by atoms with Gasteiger partial charge >= 0.3 is 12.1 Å². The normalized spacial score (nSPS) is 13.7. The number of benzene rings is 1. The first-order chi connectivity index (χ1) is 8.71. The Hall–Kier alpha value is -1.76. The summed E-state index contributed by atoms with van der Waals surface area (Å²) in [4.78, 5) is 10.9. The summed E-state index contributed by atoms with van der Waals surface area (Å²) in [5.74, 6) is -2.73. The van der Waals surface area contributed by atoms with Crippen molar-refractivity contribution in [1.29, 1.82) is 0 Å². The fourth-order valence-electron chi connectivity index (χ4n) is 1.85. The van der Waals surface area contributed by atoms with E-state index in [9.17, 15) is 23.1 Å². The maximum atomic E-state index is 13.0. The molecule has 2 rings (SSSR count). The number of carboxylic acids is 1. The van der Waals surface area contributed by atoms with E-state index in [2.05, 4.69) is 0 Å². The van der Waals surface area contributed by atoms with Crippen LogP contribution in [-0.2, 0) is 11.0 Å². The second-order valence-electron chi connectivity index (χ2n) is 4.12. The fraction of sp³-hybridized carbons (Fsp3) is 0.250. The minimum atomic E-state index is -4.65. The summed E-state index contributed by atoms with van der Waals surface area (Å²) < 4.78 is 39.1. The minimum Gasteiger partial charge on any atom is -0.508 e. The molecule has 1 atom stereocenters. The van der Waals surface area contributed by atoms with Crippen LogP contribution in [0.4, 0.5) is 13.2 Å². The quantitative estimate of drug-likeness (QED) is 0.884. The first-order valence-electron chi connectivity index (χ1n) is 5.26.